The van der Waals surface area contributed by atoms with Crippen LogP contribution in [0.5, 0.6) is 0 Å². The summed E-state index contributed by atoms with van der Waals surface area (Å²) in [4.78, 5) is 16.2. The lowest BCUT2D eigenvalue weighted by molar-refractivity contribution is -0.134. The van der Waals surface area contributed by atoms with E-state index in [-0.39, 0.29) is 11.9 Å². The molecule has 1 aliphatic heterocycles. The number of hydrogen-bond donors (Lipinski definition) is 1. The van der Waals surface area contributed by atoms with Crippen molar-refractivity contribution in [2.45, 2.75) is 51.7 Å². The van der Waals surface area contributed by atoms with Gasteiger partial charge in [0.25, 0.3) is 0 Å². The quantitative estimate of drug-likeness (QED) is 0.768. The van der Waals surface area contributed by atoms with Gasteiger partial charge in [-0.1, -0.05) is 0 Å². The average molecular weight is 227 g/mol. The van der Waals surface area contributed by atoms with E-state index in [0.717, 1.165) is 13.1 Å². The maximum absolute atomic E-state index is 12.0. The number of carbonyl (C=O) groups excluding carboxylic acids is 1. The molecule has 0 aromatic heterocycles. The van der Waals surface area contributed by atoms with Crippen LogP contribution in [0.15, 0.2) is 0 Å². The van der Waals surface area contributed by atoms with Crippen molar-refractivity contribution in [1.29, 1.82) is 0 Å². The second kappa shape index (κ2) is 5.64. The second-order valence-electron chi connectivity index (χ2n) is 5.15. The molecule has 1 fully saturated rings. The maximum atomic E-state index is 12.0. The maximum Gasteiger partial charge on any atom is 0.239 e. The zero-order chi connectivity index (χ0) is 12.3. The van der Waals surface area contributed by atoms with Gasteiger partial charge in [0, 0.05) is 18.6 Å². The van der Waals surface area contributed by atoms with Crippen LogP contribution in [0.1, 0.15) is 33.6 Å². The third-order valence-electron chi connectivity index (χ3n) is 3.37. The van der Waals surface area contributed by atoms with Gasteiger partial charge in [0.15, 0.2) is 0 Å². The molecule has 16 heavy (non-hydrogen) atoms. The molecule has 1 rings (SSSR count). The van der Waals surface area contributed by atoms with Crippen LogP contribution >= 0.6 is 0 Å². The highest BCUT2D eigenvalue weighted by atomic mass is 16.2. The summed E-state index contributed by atoms with van der Waals surface area (Å²) >= 11 is 0. The van der Waals surface area contributed by atoms with Crippen molar-refractivity contribution in [1.82, 2.24) is 9.80 Å². The molecule has 0 bridgehead atoms. The predicted octanol–water partition coefficient (Wildman–Crippen LogP) is 0.665. The summed E-state index contributed by atoms with van der Waals surface area (Å²) in [6, 6.07) is 0.340. The van der Waals surface area contributed by atoms with Gasteiger partial charge in [-0.15, -0.1) is 0 Å². The van der Waals surface area contributed by atoms with Gasteiger partial charge < -0.3 is 15.5 Å². The largest absolute Gasteiger partial charge is 0.337 e. The Labute approximate surface area is 98.8 Å². The summed E-state index contributed by atoms with van der Waals surface area (Å²) in [6.45, 7) is 7.82. The number of carbonyl (C=O) groups is 1. The molecule has 0 saturated carbocycles. The summed E-state index contributed by atoms with van der Waals surface area (Å²) in [5, 5.41) is 0. The Bertz CT molecular complexity index is 240. The molecule has 94 valence electrons. The normalized spacial score (nSPS) is 23.8. The zero-order valence-electron chi connectivity index (χ0n) is 10.9. The van der Waals surface area contributed by atoms with Crippen LogP contribution in [0.2, 0.25) is 0 Å². The number of likely N-dealkylation sites (tertiary alicyclic amines) is 1. The van der Waals surface area contributed by atoms with Crippen LogP contribution in [-0.4, -0.2) is 54.0 Å². The van der Waals surface area contributed by atoms with E-state index in [1.54, 1.807) is 6.92 Å². The standard InChI is InChI=1S/C12H25N3O/c1-9(2)15(12(16)10(3)13)8-11-6-5-7-14(11)4/h9-11H,5-8,13H2,1-4H3/t10?,11-/m0/s1. The fourth-order valence-electron chi connectivity index (χ4n) is 2.25. The lowest BCUT2D eigenvalue weighted by Gasteiger charge is -2.33. The fourth-order valence-corrected chi connectivity index (χ4v) is 2.25. The summed E-state index contributed by atoms with van der Waals surface area (Å²) in [5.41, 5.74) is 5.68. The number of likely N-dealkylation sites (N-methyl/N-ethyl adjacent to an activating group) is 1. The minimum absolute atomic E-state index is 0.0651. The van der Waals surface area contributed by atoms with E-state index in [2.05, 4.69) is 25.8 Å². The smallest absolute Gasteiger partial charge is 0.239 e. The lowest BCUT2D eigenvalue weighted by atomic mass is 10.1. The molecule has 4 heteroatoms. The molecule has 1 saturated heterocycles. The first kappa shape index (κ1) is 13.5. The van der Waals surface area contributed by atoms with Crippen molar-refractivity contribution < 1.29 is 4.79 Å². The van der Waals surface area contributed by atoms with E-state index in [4.69, 9.17) is 5.73 Å². The summed E-state index contributed by atoms with van der Waals surface area (Å²) < 4.78 is 0. The Morgan fingerprint density at radius 1 is 1.50 bits per heavy atom. The molecule has 0 aromatic carbocycles. The van der Waals surface area contributed by atoms with E-state index >= 15 is 0 Å². The van der Waals surface area contributed by atoms with E-state index in [9.17, 15) is 4.79 Å². The first-order valence-electron chi connectivity index (χ1n) is 6.19. The minimum atomic E-state index is -0.394. The Morgan fingerprint density at radius 3 is 2.50 bits per heavy atom. The van der Waals surface area contributed by atoms with Gasteiger partial charge >= 0.3 is 0 Å². The van der Waals surface area contributed by atoms with Crippen LogP contribution in [-0.2, 0) is 4.79 Å². The van der Waals surface area contributed by atoms with Crippen LogP contribution < -0.4 is 5.73 Å². The van der Waals surface area contributed by atoms with Crippen molar-refractivity contribution in [3.8, 4) is 0 Å². The van der Waals surface area contributed by atoms with E-state index in [0.29, 0.717) is 6.04 Å². The van der Waals surface area contributed by atoms with Crippen molar-refractivity contribution >= 4 is 5.91 Å². The van der Waals surface area contributed by atoms with E-state index < -0.39 is 6.04 Å². The van der Waals surface area contributed by atoms with Gasteiger partial charge in [0.2, 0.25) is 5.91 Å². The van der Waals surface area contributed by atoms with Gasteiger partial charge in [-0.25, -0.2) is 0 Å². The number of nitrogens with zero attached hydrogens (tertiary/aromatic N) is 2. The Hall–Kier alpha value is -0.610. The molecular weight excluding hydrogens is 202 g/mol. The highest BCUT2D eigenvalue weighted by Crippen LogP contribution is 2.17. The highest BCUT2D eigenvalue weighted by molar-refractivity contribution is 5.81. The molecule has 1 heterocycles. The van der Waals surface area contributed by atoms with Crippen molar-refractivity contribution in [3.05, 3.63) is 0 Å². The number of nitrogens with two attached hydrogens (primary N) is 1. The topological polar surface area (TPSA) is 49.6 Å². The number of rotatable bonds is 4. The molecule has 0 aromatic rings. The minimum Gasteiger partial charge on any atom is -0.337 e. The predicted molar refractivity (Wildman–Crippen MR) is 66.2 cm³/mol. The molecule has 2 N–H and O–H groups in total. The number of hydrogen-bond acceptors (Lipinski definition) is 3. The van der Waals surface area contributed by atoms with Crippen molar-refractivity contribution in [2.75, 3.05) is 20.1 Å². The van der Waals surface area contributed by atoms with Gasteiger partial charge in [0.05, 0.1) is 6.04 Å². The molecule has 0 spiro atoms. The van der Waals surface area contributed by atoms with Crippen molar-refractivity contribution in [2.24, 2.45) is 5.73 Å². The van der Waals surface area contributed by atoms with E-state index in [1.807, 2.05) is 4.90 Å². The van der Waals surface area contributed by atoms with E-state index in [1.165, 1.54) is 12.8 Å². The Balaban J connectivity index is 2.61. The number of amides is 1. The Kier molecular flexibility index (Phi) is 4.74. The molecular formula is C12H25N3O. The summed E-state index contributed by atoms with van der Waals surface area (Å²) in [6.07, 6.45) is 2.42. The molecule has 0 aliphatic carbocycles. The van der Waals surface area contributed by atoms with Gasteiger partial charge in [-0.2, -0.15) is 0 Å². The van der Waals surface area contributed by atoms with Gasteiger partial charge in [0.1, 0.15) is 0 Å². The molecule has 1 aliphatic rings. The lowest BCUT2D eigenvalue weighted by Crippen LogP contribution is -2.50. The van der Waals surface area contributed by atoms with Crippen LogP contribution in [0.3, 0.4) is 0 Å². The molecule has 2 atom stereocenters. The molecule has 4 nitrogen and oxygen atoms in total. The second-order valence-corrected chi connectivity index (χ2v) is 5.15. The van der Waals surface area contributed by atoms with Crippen LogP contribution in [0.25, 0.3) is 0 Å². The Morgan fingerprint density at radius 2 is 2.12 bits per heavy atom. The average Bonchev–Trinajstić information content (AvgIpc) is 2.59. The molecule has 0 radical (unpaired) electrons. The van der Waals surface area contributed by atoms with Crippen LogP contribution in [0.4, 0.5) is 0 Å². The first-order chi connectivity index (χ1) is 7.43. The summed E-state index contributed by atoms with van der Waals surface area (Å²) in [5.74, 6) is 0.0651. The van der Waals surface area contributed by atoms with Crippen molar-refractivity contribution in [3.63, 3.8) is 0 Å². The third-order valence-corrected chi connectivity index (χ3v) is 3.37. The highest BCUT2D eigenvalue weighted by Gasteiger charge is 2.28. The third kappa shape index (κ3) is 3.19. The van der Waals surface area contributed by atoms with Gasteiger partial charge in [-0.3, -0.25) is 4.79 Å². The molecule has 1 unspecified atom stereocenters. The SMILES string of the molecule is CC(N)C(=O)N(C[C@@H]1CCCN1C)C(C)C. The summed E-state index contributed by atoms with van der Waals surface area (Å²) in [7, 11) is 2.13. The monoisotopic (exact) mass is 227 g/mol. The zero-order valence-corrected chi connectivity index (χ0v) is 10.9. The fraction of sp³-hybridized carbons (Fsp3) is 0.917. The van der Waals surface area contributed by atoms with Gasteiger partial charge in [-0.05, 0) is 47.2 Å². The first-order valence-corrected chi connectivity index (χ1v) is 6.19. The van der Waals surface area contributed by atoms with Crippen LogP contribution in [0, 0.1) is 0 Å². The molecule has 1 amide bonds.